The molecule has 1 aromatic carbocycles. The number of hydrogen-bond donors (Lipinski definition) is 1. The maximum absolute atomic E-state index is 12.2. The van der Waals surface area contributed by atoms with E-state index in [4.69, 9.17) is 10.5 Å². The molecule has 112 valence electrons. The van der Waals surface area contributed by atoms with E-state index in [1.807, 2.05) is 0 Å². The molecule has 0 bridgehead atoms. The van der Waals surface area contributed by atoms with Crippen LogP contribution in [0.25, 0.3) is 0 Å². The Balaban J connectivity index is 1.79. The summed E-state index contributed by atoms with van der Waals surface area (Å²) in [5.74, 6) is 0.693. The monoisotopic (exact) mass is 298 g/mol. The van der Waals surface area contributed by atoms with Crippen LogP contribution in [0.2, 0.25) is 0 Å². The van der Waals surface area contributed by atoms with E-state index in [1.165, 1.54) is 17.1 Å². The lowest BCUT2D eigenvalue weighted by atomic mass is 10.2. The van der Waals surface area contributed by atoms with E-state index in [0.29, 0.717) is 24.8 Å². The van der Waals surface area contributed by atoms with Crippen LogP contribution >= 0.6 is 0 Å². The molecule has 20 heavy (non-hydrogen) atoms. The Morgan fingerprint density at radius 3 is 2.55 bits per heavy atom. The minimum atomic E-state index is -3.30. The molecule has 0 saturated heterocycles. The van der Waals surface area contributed by atoms with Gasteiger partial charge in [-0.25, -0.2) is 12.7 Å². The van der Waals surface area contributed by atoms with Crippen molar-refractivity contribution in [2.75, 3.05) is 32.5 Å². The second kappa shape index (κ2) is 6.56. The van der Waals surface area contributed by atoms with Crippen molar-refractivity contribution in [3.8, 4) is 0 Å². The molecule has 0 spiro atoms. The standard InChI is InChI=1S/C14H22N2O3S/c1-16(8-9-19-10-12-2-3-12)20(17,18)11-13-4-6-14(15)7-5-13/h4-7,12H,2-3,8-11,15H2,1H3. The molecule has 0 atom stereocenters. The van der Waals surface area contributed by atoms with Gasteiger partial charge in [-0.2, -0.15) is 0 Å². The molecule has 0 radical (unpaired) electrons. The Morgan fingerprint density at radius 1 is 1.30 bits per heavy atom. The molecule has 0 aliphatic heterocycles. The average Bonchev–Trinajstić information content (AvgIpc) is 3.21. The second-order valence-corrected chi connectivity index (χ2v) is 7.41. The Kier molecular flexibility index (Phi) is 5.01. The second-order valence-electron chi connectivity index (χ2n) is 5.34. The van der Waals surface area contributed by atoms with E-state index < -0.39 is 10.0 Å². The number of nitrogen functional groups attached to an aromatic ring is 1. The fraction of sp³-hybridized carbons (Fsp3) is 0.571. The van der Waals surface area contributed by atoms with E-state index in [9.17, 15) is 8.42 Å². The molecule has 0 heterocycles. The van der Waals surface area contributed by atoms with Crippen molar-refractivity contribution in [1.82, 2.24) is 4.31 Å². The molecule has 1 aromatic rings. The first kappa shape index (κ1) is 15.3. The van der Waals surface area contributed by atoms with Crippen LogP contribution in [-0.2, 0) is 20.5 Å². The summed E-state index contributed by atoms with van der Waals surface area (Å²) in [6.45, 7) is 1.60. The van der Waals surface area contributed by atoms with Gasteiger partial charge >= 0.3 is 0 Å². The van der Waals surface area contributed by atoms with Crippen LogP contribution in [0.5, 0.6) is 0 Å². The lowest BCUT2D eigenvalue weighted by Gasteiger charge is -2.17. The number of benzene rings is 1. The van der Waals surface area contributed by atoms with Gasteiger partial charge in [-0.05, 0) is 36.5 Å². The highest BCUT2D eigenvalue weighted by Crippen LogP contribution is 2.28. The lowest BCUT2D eigenvalue weighted by Crippen LogP contribution is -2.31. The lowest BCUT2D eigenvalue weighted by molar-refractivity contribution is 0.117. The van der Waals surface area contributed by atoms with Crippen molar-refractivity contribution in [3.63, 3.8) is 0 Å². The summed E-state index contributed by atoms with van der Waals surface area (Å²) < 4.78 is 31.2. The van der Waals surface area contributed by atoms with E-state index in [0.717, 1.165) is 12.2 Å². The van der Waals surface area contributed by atoms with Crippen LogP contribution in [0.4, 0.5) is 5.69 Å². The summed E-state index contributed by atoms with van der Waals surface area (Å²) in [5, 5.41) is 0. The van der Waals surface area contributed by atoms with Gasteiger partial charge in [0, 0.05) is 25.9 Å². The fourth-order valence-corrected chi connectivity index (χ4v) is 2.99. The highest BCUT2D eigenvalue weighted by Gasteiger charge is 2.22. The maximum atomic E-state index is 12.2. The van der Waals surface area contributed by atoms with Crippen molar-refractivity contribution < 1.29 is 13.2 Å². The summed E-state index contributed by atoms with van der Waals surface area (Å²) in [6, 6.07) is 6.90. The minimum Gasteiger partial charge on any atom is -0.399 e. The highest BCUT2D eigenvalue weighted by atomic mass is 32.2. The summed E-state index contributed by atoms with van der Waals surface area (Å²) in [5.41, 5.74) is 6.96. The van der Waals surface area contributed by atoms with E-state index in [1.54, 1.807) is 31.3 Å². The van der Waals surface area contributed by atoms with Gasteiger partial charge in [0.1, 0.15) is 0 Å². The number of nitrogens with zero attached hydrogens (tertiary/aromatic N) is 1. The molecule has 2 N–H and O–H groups in total. The zero-order chi connectivity index (χ0) is 14.6. The number of ether oxygens (including phenoxy) is 1. The van der Waals surface area contributed by atoms with Gasteiger partial charge in [-0.3, -0.25) is 0 Å². The van der Waals surface area contributed by atoms with Crippen molar-refractivity contribution in [2.24, 2.45) is 5.92 Å². The van der Waals surface area contributed by atoms with Gasteiger partial charge in [0.2, 0.25) is 10.0 Å². The highest BCUT2D eigenvalue weighted by molar-refractivity contribution is 7.88. The fourth-order valence-electron chi connectivity index (χ4n) is 1.80. The minimum absolute atomic E-state index is 0.00753. The first-order chi connectivity index (χ1) is 9.47. The van der Waals surface area contributed by atoms with Crippen molar-refractivity contribution in [1.29, 1.82) is 0 Å². The Hall–Kier alpha value is -1.11. The SMILES string of the molecule is CN(CCOCC1CC1)S(=O)(=O)Cc1ccc(N)cc1. The Labute approximate surface area is 120 Å². The van der Waals surface area contributed by atoms with Gasteiger partial charge in [0.05, 0.1) is 12.4 Å². The molecule has 0 unspecified atom stereocenters. The van der Waals surface area contributed by atoms with Crippen LogP contribution < -0.4 is 5.73 Å². The predicted molar refractivity (Wildman–Crippen MR) is 79.7 cm³/mol. The summed E-state index contributed by atoms with van der Waals surface area (Å²) in [7, 11) is -1.71. The van der Waals surface area contributed by atoms with Gasteiger partial charge in [0.25, 0.3) is 0 Å². The number of rotatable bonds is 8. The van der Waals surface area contributed by atoms with Crippen LogP contribution in [0.15, 0.2) is 24.3 Å². The molecule has 2 rings (SSSR count). The number of hydrogen-bond acceptors (Lipinski definition) is 4. The average molecular weight is 298 g/mol. The zero-order valence-electron chi connectivity index (χ0n) is 11.8. The van der Waals surface area contributed by atoms with E-state index >= 15 is 0 Å². The molecule has 0 aromatic heterocycles. The topological polar surface area (TPSA) is 72.6 Å². The van der Waals surface area contributed by atoms with Gasteiger partial charge in [-0.1, -0.05) is 12.1 Å². The van der Waals surface area contributed by atoms with Gasteiger partial charge in [0.15, 0.2) is 0 Å². The first-order valence-corrected chi connectivity index (χ1v) is 8.44. The van der Waals surface area contributed by atoms with Crippen molar-refractivity contribution in [2.45, 2.75) is 18.6 Å². The first-order valence-electron chi connectivity index (χ1n) is 6.83. The Morgan fingerprint density at radius 2 is 1.95 bits per heavy atom. The summed E-state index contributed by atoms with van der Waals surface area (Å²) >= 11 is 0. The quantitative estimate of drug-likeness (QED) is 0.582. The molecular weight excluding hydrogens is 276 g/mol. The van der Waals surface area contributed by atoms with Crippen molar-refractivity contribution in [3.05, 3.63) is 29.8 Å². The molecule has 1 aliphatic rings. The Bertz CT molecular complexity index is 524. The van der Waals surface area contributed by atoms with Gasteiger partial charge in [-0.15, -0.1) is 0 Å². The molecule has 1 fully saturated rings. The molecule has 5 nitrogen and oxygen atoms in total. The van der Waals surface area contributed by atoms with Crippen molar-refractivity contribution >= 4 is 15.7 Å². The zero-order valence-corrected chi connectivity index (χ0v) is 12.6. The summed E-state index contributed by atoms with van der Waals surface area (Å²) in [6.07, 6.45) is 2.48. The third-order valence-electron chi connectivity index (χ3n) is 3.40. The van der Waals surface area contributed by atoms with Crippen LogP contribution in [0.3, 0.4) is 0 Å². The maximum Gasteiger partial charge on any atom is 0.218 e. The third-order valence-corrected chi connectivity index (χ3v) is 5.24. The molecule has 1 saturated carbocycles. The van der Waals surface area contributed by atoms with Crippen LogP contribution in [0.1, 0.15) is 18.4 Å². The molecular formula is C14H22N2O3S. The third kappa shape index (κ3) is 4.77. The van der Waals surface area contributed by atoms with Gasteiger partial charge < -0.3 is 10.5 Å². The number of nitrogens with two attached hydrogens (primary N) is 1. The van der Waals surface area contributed by atoms with E-state index in [2.05, 4.69) is 0 Å². The predicted octanol–water partition coefficient (Wildman–Crippen LogP) is 1.46. The summed E-state index contributed by atoms with van der Waals surface area (Å²) in [4.78, 5) is 0. The largest absolute Gasteiger partial charge is 0.399 e. The number of sulfonamides is 1. The smallest absolute Gasteiger partial charge is 0.218 e. The normalized spacial score (nSPS) is 15.7. The molecule has 0 amide bonds. The van der Waals surface area contributed by atoms with E-state index in [-0.39, 0.29) is 5.75 Å². The number of likely N-dealkylation sites (N-methyl/N-ethyl adjacent to an activating group) is 1. The molecule has 6 heteroatoms. The van der Waals surface area contributed by atoms with Crippen LogP contribution in [-0.4, -0.2) is 39.5 Å². The van der Waals surface area contributed by atoms with Crippen LogP contribution in [0, 0.1) is 5.92 Å². The molecule has 1 aliphatic carbocycles. The number of anilines is 1.